The number of amides is 1. The average Bonchev–Trinajstić information content (AvgIpc) is 3.17. The summed E-state index contributed by atoms with van der Waals surface area (Å²) in [4.78, 5) is 28.2. The standard InChI is InChI=1S/C27H36N4O4/c1-35-27(32)30(24-12-10-23(28)11-13-24)19-20-7-6-8-21(17-20)22-9-14-25(26(18-22)31(33)34)29-15-4-2-3-5-16-29/h6-9,14,17-18,23-24H,2-5,10-13,15-16,19,28H2,1H3. The van der Waals surface area contributed by atoms with Crippen LogP contribution in [0.4, 0.5) is 16.2 Å². The number of nitrogens with two attached hydrogens (primary N) is 1. The molecule has 8 heteroatoms. The van der Waals surface area contributed by atoms with Gasteiger partial charge in [0.05, 0.1) is 12.0 Å². The van der Waals surface area contributed by atoms with Gasteiger partial charge in [-0.25, -0.2) is 4.79 Å². The molecule has 4 rings (SSSR count). The van der Waals surface area contributed by atoms with Gasteiger partial charge in [-0.15, -0.1) is 0 Å². The molecule has 2 aromatic rings. The van der Waals surface area contributed by atoms with E-state index >= 15 is 0 Å². The lowest BCUT2D eigenvalue weighted by molar-refractivity contribution is -0.384. The van der Waals surface area contributed by atoms with Crippen molar-refractivity contribution in [3.63, 3.8) is 0 Å². The van der Waals surface area contributed by atoms with Gasteiger partial charge in [0, 0.05) is 37.8 Å². The second-order valence-corrected chi connectivity index (χ2v) is 9.73. The van der Waals surface area contributed by atoms with Gasteiger partial charge in [0.25, 0.3) is 5.69 Å². The molecule has 0 aromatic heterocycles. The SMILES string of the molecule is COC(=O)N(Cc1cccc(-c2ccc(N3CCCCCC3)c([N+](=O)[O-])c2)c1)C1CCC(N)CC1. The normalized spacial score (nSPS) is 20.7. The molecule has 1 saturated carbocycles. The molecule has 1 heterocycles. The van der Waals surface area contributed by atoms with Crippen molar-refractivity contribution < 1.29 is 14.5 Å². The molecule has 0 radical (unpaired) electrons. The number of hydrogen-bond acceptors (Lipinski definition) is 6. The first-order valence-electron chi connectivity index (χ1n) is 12.7. The van der Waals surface area contributed by atoms with Crippen LogP contribution < -0.4 is 10.6 Å². The smallest absolute Gasteiger partial charge is 0.410 e. The molecule has 1 aliphatic heterocycles. The molecule has 2 aromatic carbocycles. The Kier molecular flexibility index (Phi) is 8.23. The predicted octanol–water partition coefficient (Wildman–Crippen LogP) is 5.48. The molecular formula is C27H36N4O4. The highest BCUT2D eigenvalue weighted by atomic mass is 16.6. The lowest BCUT2D eigenvalue weighted by Gasteiger charge is -2.35. The molecule has 2 aliphatic rings. The van der Waals surface area contributed by atoms with Crippen molar-refractivity contribution in [3.8, 4) is 11.1 Å². The molecule has 2 fully saturated rings. The predicted molar refractivity (Wildman–Crippen MR) is 137 cm³/mol. The fourth-order valence-electron chi connectivity index (χ4n) is 5.35. The summed E-state index contributed by atoms with van der Waals surface area (Å²) in [5, 5.41) is 12.0. The van der Waals surface area contributed by atoms with Crippen molar-refractivity contribution in [1.29, 1.82) is 0 Å². The molecule has 0 bridgehead atoms. The Bertz CT molecular complexity index is 1030. The number of carbonyl (C=O) groups excluding carboxylic acids is 1. The quantitative estimate of drug-likeness (QED) is 0.434. The Morgan fingerprint density at radius 1 is 1.06 bits per heavy atom. The molecule has 1 saturated heterocycles. The number of carbonyl (C=O) groups is 1. The van der Waals surface area contributed by atoms with Crippen LogP contribution in [0.15, 0.2) is 42.5 Å². The van der Waals surface area contributed by atoms with E-state index in [1.54, 1.807) is 11.0 Å². The Morgan fingerprint density at radius 3 is 2.40 bits per heavy atom. The largest absolute Gasteiger partial charge is 0.453 e. The van der Waals surface area contributed by atoms with Crippen molar-refractivity contribution in [3.05, 3.63) is 58.1 Å². The fourth-order valence-corrected chi connectivity index (χ4v) is 5.35. The molecule has 1 aliphatic carbocycles. The van der Waals surface area contributed by atoms with Crippen molar-refractivity contribution in [2.24, 2.45) is 5.73 Å². The number of rotatable bonds is 6. The minimum atomic E-state index is -0.340. The van der Waals surface area contributed by atoms with E-state index in [0.717, 1.165) is 68.3 Å². The summed E-state index contributed by atoms with van der Waals surface area (Å²) in [6, 6.07) is 13.7. The van der Waals surface area contributed by atoms with Crippen LogP contribution in [0.3, 0.4) is 0 Å². The van der Waals surface area contributed by atoms with Gasteiger partial charge in [0.15, 0.2) is 0 Å². The minimum absolute atomic E-state index is 0.0971. The monoisotopic (exact) mass is 480 g/mol. The molecule has 1 amide bonds. The maximum absolute atomic E-state index is 12.6. The summed E-state index contributed by atoms with van der Waals surface area (Å²) in [5.74, 6) is 0. The highest BCUT2D eigenvalue weighted by Gasteiger charge is 2.28. The van der Waals surface area contributed by atoms with Crippen molar-refractivity contribution in [2.75, 3.05) is 25.1 Å². The number of hydrogen-bond donors (Lipinski definition) is 1. The van der Waals surface area contributed by atoms with Gasteiger partial charge in [0.1, 0.15) is 5.69 Å². The number of ether oxygens (including phenoxy) is 1. The van der Waals surface area contributed by atoms with E-state index in [1.807, 2.05) is 36.4 Å². The van der Waals surface area contributed by atoms with Crippen LogP contribution in [0.5, 0.6) is 0 Å². The first-order valence-corrected chi connectivity index (χ1v) is 12.7. The fraction of sp³-hybridized carbons (Fsp3) is 0.519. The molecule has 188 valence electrons. The van der Waals surface area contributed by atoms with E-state index in [2.05, 4.69) is 4.90 Å². The molecule has 35 heavy (non-hydrogen) atoms. The van der Waals surface area contributed by atoms with Crippen LogP contribution in [0, 0.1) is 10.1 Å². The number of nitro groups is 1. The third-order valence-corrected chi connectivity index (χ3v) is 7.32. The van der Waals surface area contributed by atoms with E-state index in [-0.39, 0.29) is 28.8 Å². The molecule has 2 N–H and O–H groups in total. The minimum Gasteiger partial charge on any atom is -0.453 e. The molecule has 8 nitrogen and oxygen atoms in total. The molecule has 0 atom stereocenters. The van der Waals surface area contributed by atoms with Crippen LogP contribution in [0.2, 0.25) is 0 Å². The Hall–Kier alpha value is -3.13. The second-order valence-electron chi connectivity index (χ2n) is 9.73. The Balaban J connectivity index is 1.58. The topological polar surface area (TPSA) is 102 Å². The van der Waals surface area contributed by atoms with Crippen molar-refractivity contribution in [2.45, 2.75) is 70.0 Å². The van der Waals surface area contributed by atoms with E-state index in [4.69, 9.17) is 10.5 Å². The van der Waals surface area contributed by atoms with Gasteiger partial charge in [-0.2, -0.15) is 0 Å². The molecule has 0 unspecified atom stereocenters. The summed E-state index contributed by atoms with van der Waals surface area (Å²) in [5.41, 5.74) is 9.55. The van der Waals surface area contributed by atoms with Crippen LogP contribution >= 0.6 is 0 Å². The number of nitro benzene ring substituents is 1. The van der Waals surface area contributed by atoms with Crippen LogP contribution in [-0.2, 0) is 11.3 Å². The van der Waals surface area contributed by atoms with Crippen molar-refractivity contribution in [1.82, 2.24) is 4.90 Å². The zero-order chi connectivity index (χ0) is 24.8. The highest BCUT2D eigenvalue weighted by molar-refractivity contribution is 5.74. The summed E-state index contributed by atoms with van der Waals surface area (Å²) in [7, 11) is 1.41. The number of methoxy groups -OCH3 is 1. The average molecular weight is 481 g/mol. The first kappa shape index (κ1) is 25.0. The first-order chi connectivity index (χ1) is 17.0. The highest BCUT2D eigenvalue weighted by Crippen LogP contribution is 2.35. The van der Waals surface area contributed by atoms with Gasteiger partial charge >= 0.3 is 6.09 Å². The van der Waals surface area contributed by atoms with Gasteiger partial charge in [-0.3, -0.25) is 10.1 Å². The Labute approximate surface area is 207 Å². The summed E-state index contributed by atoms with van der Waals surface area (Å²) >= 11 is 0. The van der Waals surface area contributed by atoms with Crippen LogP contribution in [0.1, 0.15) is 56.9 Å². The summed E-state index contributed by atoms with van der Waals surface area (Å²) in [6.07, 6.45) is 7.64. The number of benzene rings is 2. The van der Waals surface area contributed by atoms with Crippen molar-refractivity contribution >= 4 is 17.5 Å². The van der Waals surface area contributed by atoms with Gasteiger partial charge in [0.2, 0.25) is 0 Å². The second kappa shape index (κ2) is 11.5. The van der Waals surface area contributed by atoms with Crippen LogP contribution in [0.25, 0.3) is 11.1 Å². The maximum Gasteiger partial charge on any atom is 0.410 e. The van der Waals surface area contributed by atoms with E-state index in [1.165, 1.54) is 20.0 Å². The zero-order valence-electron chi connectivity index (χ0n) is 20.5. The number of anilines is 1. The molecular weight excluding hydrogens is 444 g/mol. The molecule has 0 spiro atoms. The van der Waals surface area contributed by atoms with E-state index in [0.29, 0.717) is 12.2 Å². The third kappa shape index (κ3) is 6.11. The van der Waals surface area contributed by atoms with E-state index in [9.17, 15) is 14.9 Å². The Morgan fingerprint density at radius 2 is 1.74 bits per heavy atom. The zero-order valence-corrected chi connectivity index (χ0v) is 20.5. The summed E-state index contributed by atoms with van der Waals surface area (Å²) < 4.78 is 5.08. The van der Waals surface area contributed by atoms with Gasteiger partial charge < -0.3 is 20.3 Å². The van der Waals surface area contributed by atoms with Gasteiger partial charge in [-0.05, 0) is 67.3 Å². The lowest BCUT2D eigenvalue weighted by Crippen LogP contribution is -2.43. The van der Waals surface area contributed by atoms with Crippen LogP contribution in [-0.4, -0.2) is 48.2 Å². The van der Waals surface area contributed by atoms with Gasteiger partial charge in [-0.1, -0.05) is 37.1 Å². The van der Waals surface area contributed by atoms with E-state index < -0.39 is 0 Å². The number of nitrogens with zero attached hydrogens (tertiary/aromatic N) is 3. The maximum atomic E-state index is 12.6. The lowest BCUT2D eigenvalue weighted by atomic mass is 9.90. The third-order valence-electron chi connectivity index (χ3n) is 7.32. The summed E-state index contributed by atoms with van der Waals surface area (Å²) in [6.45, 7) is 2.13.